The maximum Gasteiger partial charge on any atom is 0.326 e. The number of amides is 2. The highest BCUT2D eigenvalue weighted by molar-refractivity contribution is 6.03. The SMILES string of the molecule is NCCCCC(C(=O)O)N(C(=O)C(N)CCC(=O)O)C(=O)C(N)CCC(=O)O. The first-order chi connectivity index (χ1) is 13.0. The molecule has 2 amide bonds. The average molecular weight is 404 g/mol. The molecule has 0 aliphatic rings. The number of unbranched alkanes of at least 4 members (excludes halogenated alkanes) is 1. The number of hydrogen-bond acceptors (Lipinski definition) is 8. The van der Waals surface area contributed by atoms with E-state index < -0.39 is 60.7 Å². The molecule has 0 radical (unpaired) electrons. The van der Waals surface area contributed by atoms with E-state index in [1.807, 2.05) is 0 Å². The second kappa shape index (κ2) is 12.8. The van der Waals surface area contributed by atoms with Crippen LogP contribution in [0.5, 0.6) is 0 Å². The van der Waals surface area contributed by atoms with Gasteiger partial charge >= 0.3 is 17.9 Å². The summed E-state index contributed by atoms with van der Waals surface area (Å²) in [5.74, 6) is -6.03. The number of nitrogens with zero attached hydrogens (tertiary/aromatic N) is 1. The van der Waals surface area contributed by atoms with Gasteiger partial charge in [0.25, 0.3) is 0 Å². The topological polar surface area (TPSA) is 227 Å². The number of aliphatic carboxylic acids is 3. The highest BCUT2D eigenvalue weighted by Crippen LogP contribution is 2.15. The molecule has 0 spiro atoms. The molecule has 3 atom stereocenters. The Hall–Kier alpha value is -2.57. The minimum absolute atomic E-state index is 0.0959. The lowest BCUT2D eigenvalue weighted by Gasteiger charge is -2.31. The molecule has 0 saturated heterocycles. The van der Waals surface area contributed by atoms with Crippen molar-refractivity contribution in [2.24, 2.45) is 17.2 Å². The van der Waals surface area contributed by atoms with Crippen LogP contribution in [0.2, 0.25) is 0 Å². The van der Waals surface area contributed by atoms with Crippen LogP contribution in [-0.4, -0.2) is 74.6 Å². The van der Waals surface area contributed by atoms with E-state index in [9.17, 15) is 29.1 Å². The normalized spacial score (nSPS) is 14.0. The van der Waals surface area contributed by atoms with Crippen molar-refractivity contribution < 1.29 is 39.3 Å². The lowest BCUT2D eigenvalue weighted by Crippen LogP contribution is -2.58. The highest BCUT2D eigenvalue weighted by Gasteiger charge is 2.38. The first-order valence-corrected chi connectivity index (χ1v) is 8.77. The minimum atomic E-state index is -1.57. The van der Waals surface area contributed by atoms with Crippen molar-refractivity contribution in [2.75, 3.05) is 6.54 Å². The molecule has 0 aromatic rings. The molecule has 0 aromatic heterocycles. The predicted octanol–water partition coefficient (Wildman–Crippen LogP) is -1.69. The molecule has 0 bridgehead atoms. The molecule has 160 valence electrons. The van der Waals surface area contributed by atoms with Gasteiger partial charge in [0.05, 0.1) is 12.1 Å². The van der Waals surface area contributed by atoms with Crippen molar-refractivity contribution in [1.82, 2.24) is 4.90 Å². The van der Waals surface area contributed by atoms with Gasteiger partial charge in [-0.25, -0.2) is 4.79 Å². The van der Waals surface area contributed by atoms with Crippen LogP contribution in [0.4, 0.5) is 0 Å². The molecule has 0 rings (SSSR count). The fourth-order valence-corrected chi connectivity index (χ4v) is 2.42. The van der Waals surface area contributed by atoms with Gasteiger partial charge in [-0.1, -0.05) is 0 Å². The Bertz CT molecular complexity index is 547. The van der Waals surface area contributed by atoms with Gasteiger partial charge in [-0.15, -0.1) is 0 Å². The zero-order chi connectivity index (χ0) is 21.9. The van der Waals surface area contributed by atoms with Gasteiger partial charge in [-0.3, -0.25) is 24.1 Å². The summed E-state index contributed by atoms with van der Waals surface area (Å²) in [4.78, 5) is 58.7. The molecule has 0 saturated carbocycles. The Labute approximate surface area is 161 Å². The van der Waals surface area contributed by atoms with Gasteiger partial charge in [0, 0.05) is 12.8 Å². The van der Waals surface area contributed by atoms with Crippen molar-refractivity contribution >= 4 is 29.7 Å². The summed E-state index contributed by atoms with van der Waals surface area (Å²) < 4.78 is 0. The summed E-state index contributed by atoms with van der Waals surface area (Å²) in [5.41, 5.74) is 16.7. The van der Waals surface area contributed by atoms with Gasteiger partial charge in [0.15, 0.2) is 0 Å². The Kier molecular flexibility index (Phi) is 11.6. The molecule has 12 nitrogen and oxygen atoms in total. The quantitative estimate of drug-likeness (QED) is 0.179. The Balaban J connectivity index is 5.61. The molecule has 0 heterocycles. The Morgan fingerprint density at radius 3 is 1.50 bits per heavy atom. The molecular weight excluding hydrogens is 376 g/mol. The Morgan fingerprint density at radius 2 is 1.18 bits per heavy atom. The van der Waals surface area contributed by atoms with Crippen molar-refractivity contribution in [3.8, 4) is 0 Å². The van der Waals surface area contributed by atoms with Crippen LogP contribution in [0.15, 0.2) is 0 Å². The summed E-state index contributed by atoms with van der Waals surface area (Å²) >= 11 is 0. The number of nitrogens with two attached hydrogens (primary N) is 3. The van der Waals surface area contributed by atoms with E-state index in [1.54, 1.807) is 0 Å². The third-order valence-electron chi connectivity index (χ3n) is 3.98. The van der Waals surface area contributed by atoms with Crippen LogP contribution in [0.3, 0.4) is 0 Å². The third-order valence-corrected chi connectivity index (χ3v) is 3.98. The minimum Gasteiger partial charge on any atom is -0.481 e. The van der Waals surface area contributed by atoms with Crippen molar-refractivity contribution in [2.45, 2.75) is 63.1 Å². The van der Waals surface area contributed by atoms with E-state index in [4.69, 9.17) is 27.4 Å². The van der Waals surface area contributed by atoms with Gasteiger partial charge in [-0.2, -0.15) is 0 Å². The summed E-state index contributed by atoms with van der Waals surface area (Å²) in [5, 5.41) is 26.9. The number of rotatable bonds is 14. The molecule has 3 unspecified atom stereocenters. The second-order valence-electron chi connectivity index (χ2n) is 6.26. The van der Waals surface area contributed by atoms with Crippen LogP contribution in [0.1, 0.15) is 44.9 Å². The summed E-state index contributed by atoms with van der Waals surface area (Å²) in [6.45, 7) is 0.282. The van der Waals surface area contributed by atoms with Gasteiger partial charge in [-0.05, 0) is 38.6 Å². The van der Waals surface area contributed by atoms with Crippen LogP contribution >= 0.6 is 0 Å². The largest absolute Gasteiger partial charge is 0.481 e. The highest BCUT2D eigenvalue weighted by atomic mass is 16.4. The number of hydrogen-bond donors (Lipinski definition) is 6. The molecule has 0 aliphatic carbocycles. The number of carboxylic acid groups (broad SMARTS) is 3. The first kappa shape index (κ1) is 25.4. The molecule has 0 fully saturated rings. The number of imide groups is 1. The standard InChI is InChI=1S/C16H28N4O8/c17-8-2-1-3-11(16(27)28)20(14(25)9(18)4-6-12(21)22)15(26)10(19)5-7-13(23)24/h9-11H,1-8,17-19H2,(H,21,22)(H,23,24)(H,27,28). The van der Waals surface area contributed by atoms with Crippen molar-refractivity contribution in [1.29, 1.82) is 0 Å². The van der Waals surface area contributed by atoms with E-state index in [0.717, 1.165) is 0 Å². The van der Waals surface area contributed by atoms with Crippen LogP contribution in [-0.2, 0) is 24.0 Å². The first-order valence-electron chi connectivity index (χ1n) is 8.77. The summed E-state index contributed by atoms with van der Waals surface area (Å²) in [6, 6.07) is -4.43. The maximum atomic E-state index is 12.6. The molecular formula is C16H28N4O8. The predicted molar refractivity (Wildman–Crippen MR) is 95.9 cm³/mol. The number of carbonyl (C=O) groups is 5. The van der Waals surface area contributed by atoms with Gasteiger partial charge in [0.2, 0.25) is 11.8 Å². The second-order valence-corrected chi connectivity index (χ2v) is 6.26. The lowest BCUT2D eigenvalue weighted by molar-refractivity contribution is -0.159. The smallest absolute Gasteiger partial charge is 0.326 e. The fraction of sp³-hybridized carbons (Fsp3) is 0.688. The summed E-state index contributed by atoms with van der Waals surface area (Å²) in [6.07, 6.45) is -0.860. The Morgan fingerprint density at radius 1 is 0.750 bits per heavy atom. The molecule has 9 N–H and O–H groups in total. The zero-order valence-electron chi connectivity index (χ0n) is 15.5. The van der Waals surface area contributed by atoms with E-state index in [1.165, 1.54) is 0 Å². The van der Waals surface area contributed by atoms with Crippen LogP contribution in [0.25, 0.3) is 0 Å². The monoisotopic (exact) mass is 404 g/mol. The van der Waals surface area contributed by atoms with Gasteiger partial charge in [0.1, 0.15) is 6.04 Å². The van der Waals surface area contributed by atoms with Crippen LogP contribution < -0.4 is 17.2 Å². The van der Waals surface area contributed by atoms with Crippen molar-refractivity contribution in [3.05, 3.63) is 0 Å². The van der Waals surface area contributed by atoms with E-state index in [2.05, 4.69) is 0 Å². The van der Waals surface area contributed by atoms with Gasteiger partial charge < -0.3 is 32.5 Å². The van der Waals surface area contributed by atoms with Crippen molar-refractivity contribution in [3.63, 3.8) is 0 Å². The maximum absolute atomic E-state index is 12.6. The average Bonchev–Trinajstić information content (AvgIpc) is 2.62. The molecule has 12 heteroatoms. The fourth-order valence-electron chi connectivity index (χ4n) is 2.42. The van der Waals surface area contributed by atoms with E-state index in [0.29, 0.717) is 17.7 Å². The zero-order valence-corrected chi connectivity index (χ0v) is 15.5. The molecule has 0 aliphatic heterocycles. The lowest BCUT2D eigenvalue weighted by atomic mass is 10.0. The molecule has 28 heavy (non-hydrogen) atoms. The number of carbonyl (C=O) groups excluding carboxylic acids is 2. The van der Waals surface area contributed by atoms with E-state index in [-0.39, 0.29) is 25.8 Å². The summed E-state index contributed by atoms with van der Waals surface area (Å²) in [7, 11) is 0. The third kappa shape index (κ3) is 8.88. The molecule has 0 aromatic carbocycles. The number of carboxylic acids is 3. The van der Waals surface area contributed by atoms with Crippen LogP contribution in [0, 0.1) is 0 Å². The van der Waals surface area contributed by atoms with E-state index >= 15 is 0 Å².